The monoisotopic (exact) mass is 572 g/mol. The van der Waals surface area contributed by atoms with Gasteiger partial charge in [-0.05, 0) is 59.4 Å². The molecule has 226 valence electrons. The fourth-order valence-corrected chi connectivity index (χ4v) is 4.60. The van der Waals surface area contributed by atoms with E-state index >= 15 is 0 Å². The number of nitrogens with zero attached hydrogens (tertiary/aromatic N) is 2. The van der Waals surface area contributed by atoms with Gasteiger partial charge in [0.1, 0.15) is 23.1 Å². The zero-order valence-corrected chi connectivity index (χ0v) is 26.3. The Bertz CT molecular complexity index is 1290. The summed E-state index contributed by atoms with van der Waals surface area (Å²) >= 11 is 0. The van der Waals surface area contributed by atoms with E-state index in [1.165, 1.54) is 0 Å². The first kappa shape index (κ1) is 34.7. The van der Waals surface area contributed by atoms with Gasteiger partial charge in [-0.1, -0.05) is 66.0 Å². The summed E-state index contributed by atoms with van der Waals surface area (Å²) in [6.45, 7) is 9.58. The average Bonchev–Trinajstić information content (AvgIpc) is 2.99. The molecule has 0 heterocycles. The Morgan fingerprint density at radius 1 is 0.571 bits per heavy atom. The number of hydrogen-bond donors (Lipinski definition) is 0. The van der Waals surface area contributed by atoms with E-state index in [4.69, 9.17) is 9.98 Å². The minimum absolute atomic E-state index is 0.126. The SMILES string of the molecule is CCCCCCC(C=Nc1ccc(CC(=O)CC)c(CC(=O)CC)c1)=Nc1ccc(CC(=O)CC)c(CC(=O)CC)c1. The molecule has 0 unspecified atom stereocenters. The van der Waals surface area contributed by atoms with Crippen LogP contribution in [0, 0.1) is 0 Å². The second kappa shape index (κ2) is 18.8. The van der Waals surface area contributed by atoms with Crippen LogP contribution in [0.4, 0.5) is 11.4 Å². The minimum Gasteiger partial charge on any atom is -0.299 e. The topological polar surface area (TPSA) is 93.0 Å². The fraction of sp³-hybridized carbons (Fsp3) is 0.500. The molecule has 0 saturated heterocycles. The predicted octanol–water partition coefficient (Wildman–Crippen LogP) is 8.22. The molecule has 42 heavy (non-hydrogen) atoms. The number of ketones is 4. The van der Waals surface area contributed by atoms with Crippen molar-refractivity contribution in [3.8, 4) is 0 Å². The third-order valence-corrected chi connectivity index (χ3v) is 7.43. The first-order valence-electron chi connectivity index (χ1n) is 15.6. The molecule has 0 atom stereocenters. The van der Waals surface area contributed by atoms with Crippen LogP contribution < -0.4 is 0 Å². The maximum atomic E-state index is 12.3. The maximum Gasteiger partial charge on any atom is 0.137 e. The third-order valence-electron chi connectivity index (χ3n) is 7.43. The molecule has 0 fully saturated rings. The van der Waals surface area contributed by atoms with Gasteiger partial charge in [-0.3, -0.25) is 29.2 Å². The van der Waals surface area contributed by atoms with E-state index in [9.17, 15) is 19.2 Å². The molecule has 0 N–H and O–H groups in total. The highest BCUT2D eigenvalue weighted by molar-refractivity contribution is 6.31. The average molecular weight is 573 g/mol. The highest BCUT2D eigenvalue weighted by Crippen LogP contribution is 2.24. The van der Waals surface area contributed by atoms with E-state index in [0.29, 0.717) is 44.2 Å². The fourth-order valence-electron chi connectivity index (χ4n) is 4.60. The van der Waals surface area contributed by atoms with Crippen LogP contribution in [0.2, 0.25) is 0 Å². The van der Waals surface area contributed by atoms with E-state index in [-0.39, 0.29) is 36.0 Å². The summed E-state index contributed by atoms with van der Waals surface area (Å²) in [5.41, 5.74) is 5.75. The van der Waals surface area contributed by atoms with Crippen LogP contribution in [0.1, 0.15) is 115 Å². The largest absolute Gasteiger partial charge is 0.299 e. The zero-order chi connectivity index (χ0) is 30.9. The lowest BCUT2D eigenvalue weighted by atomic mass is 9.96. The molecule has 2 aromatic carbocycles. The lowest BCUT2D eigenvalue weighted by molar-refractivity contribution is -0.119. The third kappa shape index (κ3) is 12.1. The first-order valence-corrected chi connectivity index (χ1v) is 15.6. The molecule has 0 amide bonds. The number of carbonyl (C=O) groups is 4. The molecule has 0 saturated carbocycles. The van der Waals surface area contributed by atoms with Crippen LogP contribution in [0.3, 0.4) is 0 Å². The highest BCUT2D eigenvalue weighted by Gasteiger charge is 2.13. The number of Topliss-reactive ketones (excluding diaryl/α,β-unsaturated/α-hetero) is 4. The van der Waals surface area contributed by atoms with Gasteiger partial charge in [0, 0.05) is 57.6 Å². The molecule has 6 heteroatoms. The van der Waals surface area contributed by atoms with Crippen LogP contribution in [-0.2, 0) is 44.9 Å². The van der Waals surface area contributed by atoms with Crippen LogP contribution in [0.25, 0.3) is 0 Å². The van der Waals surface area contributed by atoms with Crippen molar-refractivity contribution in [3.63, 3.8) is 0 Å². The van der Waals surface area contributed by atoms with Gasteiger partial charge in [-0.25, -0.2) is 0 Å². The Kier molecular flexibility index (Phi) is 15.5. The summed E-state index contributed by atoms with van der Waals surface area (Å²) in [6, 6.07) is 11.5. The maximum absolute atomic E-state index is 12.3. The number of benzene rings is 2. The van der Waals surface area contributed by atoms with E-state index in [0.717, 1.165) is 65.8 Å². The summed E-state index contributed by atoms with van der Waals surface area (Å²) in [5, 5.41) is 0. The summed E-state index contributed by atoms with van der Waals surface area (Å²) in [6.07, 6.45) is 9.95. The van der Waals surface area contributed by atoms with Crippen molar-refractivity contribution in [3.05, 3.63) is 58.7 Å². The smallest absolute Gasteiger partial charge is 0.137 e. The molecule has 0 aliphatic rings. The molecule has 0 bridgehead atoms. The molecule has 0 aliphatic heterocycles. The lowest BCUT2D eigenvalue weighted by Crippen LogP contribution is -2.08. The Morgan fingerprint density at radius 3 is 1.50 bits per heavy atom. The lowest BCUT2D eigenvalue weighted by Gasteiger charge is -2.11. The van der Waals surface area contributed by atoms with E-state index in [1.54, 1.807) is 6.21 Å². The van der Waals surface area contributed by atoms with Crippen molar-refractivity contribution < 1.29 is 19.2 Å². The summed E-state index contributed by atoms with van der Waals surface area (Å²) in [7, 11) is 0. The summed E-state index contributed by atoms with van der Waals surface area (Å²) in [4.78, 5) is 58.6. The van der Waals surface area contributed by atoms with Crippen molar-refractivity contribution in [2.24, 2.45) is 9.98 Å². The van der Waals surface area contributed by atoms with Gasteiger partial charge in [0.05, 0.1) is 17.1 Å². The van der Waals surface area contributed by atoms with Crippen molar-refractivity contribution in [2.45, 2.75) is 118 Å². The van der Waals surface area contributed by atoms with Crippen LogP contribution >= 0.6 is 0 Å². The zero-order valence-electron chi connectivity index (χ0n) is 26.3. The van der Waals surface area contributed by atoms with Crippen molar-refractivity contribution >= 4 is 46.4 Å². The molecule has 0 spiro atoms. The number of aliphatic imine (C=N–C) groups is 2. The molecular weight excluding hydrogens is 524 g/mol. The molecule has 0 aliphatic carbocycles. The number of rotatable bonds is 20. The van der Waals surface area contributed by atoms with Crippen molar-refractivity contribution in [1.82, 2.24) is 0 Å². The molecule has 2 rings (SSSR count). The van der Waals surface area contributed by atoms with Crippen molar-refractivity contribution in [1.29, 1.82) is 0 Å². The van der Waals surface area contributed by atoms with E-state index < -0.39 is 0 Å². The first-order chi connectivity index (χ1) is 20.2. The van der Waals surface area contributed by atoms with E-state index in [2.05, 4.69) is 6.92 Å². The Morgan fingerprint density at radius 2 is 1.02 bits per heavy atom. The van der Waals surface area contributed by atoms with Gasteiger partial charge in [0.15, 0.2) is 0 Å². The number of carbonyl (C=O) groups excluding carboxylic acids is 4. The van der Waals surface area contributed by atoms with Gasteiger partial charge in [0.2, 0.25) is 0 Å². The summed E-state index contributed by atoms with van der Waals surface area (Å²) < 4.78 is 0. The van der Waals surface area contributed by atoms with Gasteiger partial charge in [-0.2, -0.15) is 0 Å². The van der Waals surface area contributed by atoms with Gasteiger partial charge < -0.3 is 0 Å². The molecule has 0 aromatic heterocycles. The Labute approximate surface area is 252 Å². The molecule has 6 nitrogen and oxygen atoms in total. The minimum atomic E-state index is 0.126. The molecular formula is C36H48N2O4. The second-order valence-corrected chi connectivity index (χ2v) is 10.9. The molecule has 0 radical (unpaired) electrons. The molecule has 2 aromatic rings. The number of unbranched alkanes of at least 4 members (excludes halogenated alkanes) is 3. The number of hydrogen-bond acceptors (Lipinski definition) is 6. The quantitative estimate of drug-likeness (QED) is 0.118. The Balaban J connectivity index is 2.45. The van der Waals surface area contributed by atoms with Gasteiger partial charge >= 0.3 is 0 Å². The summed E-state index contributed by atoms with van der Waals surface area (Å²) in [5.74, 6) is 0.540. The highest BCUT2D eigenvalue weighted by atomic mass is 16.1. The predicted molar refractivity (Wildman–Crippen MR) is 173 cm³/mol. The van der Waals surface area contributed by atoms with Crippen LogP contribution in [0.15, 0.2) is 46.4 Å². The Hall–Kier alpha value is -3.54. The van der Waals surface area contributed by atoms with Crippen LogP contribution in [0.5, 0.6) is 0 Å². The normalized spacial score (nSPS) is 11.7. The standard InChI is InChI=1S/C36H48N2O4/c1-6-11-12-13-14-32(38-31-18-16-27(22-34(40)8-3)29(20-31)24-36(42)10-5)25-37-30-17-15-26(21-33(39)7-2)28(19-30)23-35(41)9-4/h15-20,25H,6-14,21-24H2,1-5H3. The van der Waals surface area contributed by atoms with Gasteiger partial charge in [-0.15, -0.1) is 0 Å². The van der Waals surface area contributed by atoms with Gasteiger partial charge in [0.25, 0.3) is 0 Å². The second-order valence-electron chi connectivity index (χ2n) is 10.9. The van der Waals surface area contributed by atoms with E-state index in [1.807, 2.05) is 64.1 Å². The van der Waals surface area contributed by atoms with Crippen LogP contribution in [-0.4, -0.2) is 35.1 Å². The van der Waals surface area contributed by atoms with Crippen molar-refractivity contribution in [2.75, 3.05) is 0 Å².